The molecule has 1 aromatic carbocycles. The Bertz CT molecular complexity index is 514. The van der Waals surface area contributed by atoms with Crippen LogP contribution in [0, 0.1) is 0 Å². The highest BCUT2D eigenvalue weighted by Gasteiger charge is 2.07. The van der Waals surface area contributed by atoms with Crippen LogP contribution in [0.2, 0.25) is 0 Å². The molecule has 0 radical (unpaired) electrons. The first kappa shape index (κ1) is 12.4. The molecule has 1 heterocycles. The van der Waals surface area contributed by atoms with Gasteiger partial charge in [0.2, 0.25) is 0 Å². The van der Waals surface area contributed by atoms with Crippen LogP contribution >= 0.6 is 0 Å². The summed E-state index contributed by atoms with van der Waals surface area (Å²) in [4.78, 5) is 8.41. The van der Waals surface area contributed by atoms with E-state index < -0.39 is 0 Å². The fourth-order valence-corrected chi connectivity index (χ4v) is 1.66. The molecule has 94 valence electrons. The monoisotopic (exact) mass is 243 g/mol. The molecular weight excluding hydrogens is 226 g/mol. The maximum Gasteiger partial charge on any atom is 0.129 e. The maximum absolute atomic E-state index is 5.73. The van der Waals surface area contributed by atoms with Crippen LogP contribution in [0.1, 0.15) is 13.3 Å². The van der Waals surface area contributed by atoms with Gasteiger partial charge in [-0.15, -0.1) is 0 Å². The van der Waals surface area contributed by atoms with Crippen LogP contribution in [0.5, 0.6) is 5.75 Å². The molecule has 0 unspecified atom stereocenters. The number of nitrogens with zero attached hydrogens (tertiary/aromatic N) is 2. The van der Waals surface area contributed by atoms with Crippen molar-refractivity contribution in [1.82, 2.24) is 9.97 Å². The number of para-hydroxylation sites is 1. The number of benzene rings is 1. The van der Waals surface area contributed by atoms with Gasteiger partial charge < -0.3 is 10.1 Å². The highest BCUT2D eigenvalue weighted by molar-refractivity contribution is 5.68. The van der Waals surface area contributed by atoms with Gasteiger partial charge >= 0.3 is 0 Å². The fraction of sp³-hybridized carbons (Fsp3) is 0.286. The number of nitrogens with one attached hydrogen (secondary N) is 1. The summed E-state index contributed by atoms with van der Waals surface area (Å²) in [5.41, 5.74) is 1.85. The summed E-state index contributed by atoms with van der Waals surface area (Å²) in [5.74, 6) is 1.66. The summed E-state index contributed by atoms with van der Waals surface area (Å²) >= 11 is 0. The average molecular weight is 243 g/mol. The van der Waals surface area contributed by atoms with Crippen molar-refractivity contribution in [3.05, 3.63) is 36.7 Å². The Kier molecular flexibility index (Phi) is 4.12. The topological polar surface area (TPSA) is 47.0 Å². The molecule has 0 aliphatic heterocycles. The lowest BCUT2D eigenvalue weighted by molar-refractivity contribution is 0.318. The van der Waals surface area contributed by atoms with Gasteiger partial charge in [0.1, 0.15) is 17.9 Å². The van der Waals surface area contributed by atoms with Crippen molar-refractivity contribution >= 4 is 5.82 Å². The van der Waals surface area contributed by atoms with E-state index in [9.17, 15) is 0 Å². The highest BCUT2D eigenvalue weighted by atomic mass is 16.5. The molecule has 4 nitrogen and oxygen atoms in total. The van der Waals surface area contributed by atoms with Gasteiger partial charge in [-0.3, -0.25) is 0 Å². The normalized spacial score (nSPS) is 10.1. The standard InChI is InChI=1S/C14H17N3O/c1-3-8-18-13-7-5-4-6-11(13)12-9-14(15-2)17-10-16-12/h4-7,9-10H,3,8H2,1-2H3,(H,15,16,17). The van der Waals surface area contributed by atoms with Crippen molar-refractivity contribution < 1.29 is 4.74 Å². The first-order valence-electron chi connectivity index (χ1n) is 6.07. The average Bonchev–Trinajstić information content (AvgIpc) is 2.45. The minimum atomic E-state index is 0.709. The maximum atomic E-state index is 5.73. The van der Waals surface area contributed by atoms with Crippen LogP contribution in [0.4, 0.5) is 5.82 Å². The molecule has 0 aliphatic carbocycles. The molecular formula is C14H17N3O. The van der Waals surface area contributed by atoms with Crippen molar-refractivity contribution in [2.45, 2.75) is 13.3 Å². The minimum Gasteiger partial charge on any atom is -0.493 e. The van der Waals surface area contributed by atoms with Gasteiger partial charge in [-0.1, -0.05) is 19.1 Å². The second-order valence-electron chi connectivity index (χ2n) is 3.88. The summed E-state index contributed by atoms with van der Waals surface area (Å²) in [7, 11) is 1.84. The highest BCUT2D eigenvalue weighted by Crippen LogP contribution is 2.29. The first-order valence-corrected chi connectivity index (χ1v) is 6.07. The summed E-state index contributed by atoms with van der Waals surface area (Å²) in [5, 5.41) is 3.01. The zero-order valence-electron chi connectivity index (χ0n) is 10.7. The third-order valence-corrected chi connectivity index (χ3v) is 2.55. The number of aromatic nitrogens is 2. The Balaban J connectivity index is 2.36. The Morgan fingerprint density at radius 2 is 2.06 bits per heavy atom. The minimum absolute atomic E-state index is 0.709. The predicted octanol–water partition coefficient (Wildman–Crippen LogP) is 2.97. The largest absolute Gasteiger partial charge is 0.493 e. The van der Waals surface area contributed by atoms with Gasteiger partial charge in [0, 0.05) is 18.7 Å². The second kappa shape index (κ2) is 6.00. The van der Waals surface area contributed by atoms with Gasteiger partial charge in [0.05, 0.1) is 12.3 Å². The lowest BCUT2D eigenvalue weighted by Crippen LogP contribution is -1.98. The van der Waals surface area contributed by atoms with E-state index in [1.54, 1.807) is 6.33 Å². The third kappa shape index (κ3) is 2.77. The van der Waals surface area contributed by atoms with E-state index in [4.69, 9.17) is 4.74 Å². The molecule has 18 heavy (non-hydrogen) atoms. The zero-order chi connectivity index (χ0) is 12.8. The third-order valence-electron chi connectivity index (χ3n) is 2.55. The Morgan fingerprint density at radius 3 is 2.83 bits per heavy atom. The molecule has 0 fully saturated rings. The van der Waals surface area contributed by atoms with Crippen LogP contribution in [-0.4, -0.2) is 23.6 Å². The molecule has 1 N–H and O–H groups in total. The number of hydrogen-bond acceptors (Lipinski definition) is 4. The SMILES string of the molecule is CCCOc1ccccc1-c1cc(NC)ncn1. The number of rotatable bonds is 5. The molecule has 2 aromatic rings. The van der Waals surface area contributed by atoms with Crippen LogP contribution in [0.3, 0.4) is 0 Å². The molecule has 0 saturated heterocycles. The molecule has 0 amide bonds. The van der Waals surface area contributed by atoms with Crippen LogP contribution in [-0.2, 0) is 0 Å². The summed E-state index contributed by atoms with van der Waals surface area (Å²) in [6, 6.07) is 9.83. The summed E-state index contributed by atoms with van der Waals surface area (Å²) in [6.45, 7) is 2.80. The van der Waals surface area contributed by atoms with Crippen LogP contribution in [0.15, 0.2) is 36.7 Å². The lowest BCUT2D eigenvalue weighted by Gasteiger charge is -2.10. The van der Waals surface area contributed by atoms with Crippen molar-refractivity contribution in [2.24, 2.45) is 0 Å². The Hall–Kier alpha value is -2.10. The van der Waals surface area contributed by atoms with Crippen LogP contribution in [0.25, 0.3) is 11.3 Å². The zero-order valence-corrected chi connectivity index (χ0v) is 10.7. The fourth-order valence-electron chi connectivity index (χ4n) is 1.66. The quantitative estimate of drug-likeness (QED) is 0.877. The van der Waals surface area contributed by atoms with Gasteiger partial charge in [-0.05, 0) is 18.6 Å². The van der Waals surface area contributed by atoms with Gasteiger partial charge in [-0.2, -0.15) is 0 Å². The van der Waals surface area contributed by atoms with Crippen molar-refractivity contribution in [3.63, 3.8) is 0 Å². The van der Waals surface area contributed by atoms with E-state index in [0.717, 1.165) is 29.2 Å². The molecule has 2 rings (SSSR count). The van der Waals surface area contributed by atoms with E-state index in [0.29, 0.717) is 6.61 Å². The molecule has 0 bridgehead atoms. The van der Waals surface area contributed by atoms with E-state index in [1.807, 2.05) is 37.4 Å². The molecule has 1 aromatic heterocycles. The van der Waals surface area contributed by atoms with Crippen molar-refractivity contribution in [1.29, 1.82) is 0 Å². The van der Waals surface area contributed by atoms with E-state index in [2.05, 4.69) is 22.2 Å². The number of ether oxygens (including phenoxy) is 1. The Morgan fingerprint density at radius 1 is 1.22 bits per heavy atom. The van der Waals surface area contributed by atoms with E-state index in [1.165, 1.54) is 0 Å². The van der Waals surface area contributed by atoms with E-state index in [-0.39, 0.29) is 0 Å². The summed E-state index contributed by atoms with van der Waals surface area (Å²) < 4.78 is 5.73. The van der Waals surface area contributed by atoms with Crippen LogP contribution < -0.4 is 10.1 Å². The smallest absolute Gasteiger partial charge is 0.129 e. The number of hydrogen-bond donors (Lipinski definition) is 1. The van der Waals surface area contributed by atoms with Crippen molar-refractivity contribution in [3.8, 4) is 17.0 Å². The van der Waals surface area contributed by atoms with Crippen molar-refractivity contribution in [2.75, 3.05) is 19.0 Å². The molecule has 4 heteroatoms. The predicted molar refractivity (Wildman–Crippen MR) is 72.8 cm³/mol. The van der Waals surface area contributed by atoms with Gasteiger partial charge in [0.25, 0.3) is 0 Å². The summed E-state index contributed by atoms with van der Waals surface area (Å²) in [6.07, 6.45) is 2.54. The van der Waals surface area contributed by atoms with Gasteiger partial charge in [0.15, 0.2) is 0 Å². The first-order chi connectivity index (χ1) is 8.85. The van der Waals surface area contributed by atoms with E-state index >= 15 is 0 Å². The molecule has 0 atom stereocenters. The Labute approximate surface area is 107 Å². The van der Waals surface area contributed by atoms with Gasteiger partial charge in [-0.25, -0.2) is 9.97 Å². The number of anilines is 1. The molecule has 0 saturated carbocycles. The second-order valence-corrected chi connectivity index (χ2v) is 3.88. The molecule has 0 aliphatic rings. The lowest BCUT2D eigenvalue weighted by atomic mass is 10.1. The molecule has 0 spiro atoms.